The van der Waals surface area contributed by atoms with E-state index in [2.05, 4.69) is 15.3 Å². The number of hydrogen-bond acceptors (Lipinski definition) is 4. The molecular weight excluding hydrogens is 326 g/mol. The SMILES string of the molecule is CN(Cc1ccccc1)C(=O)c1ccc(-n2nnc3cccnc32)cc1. The molecule has 0 spiro atoms. The first-order chi connectivity index (χ1) is 12.7. The van der Waals surface area contributed by atoms with Crippen LogP contribution in [0.4, 0.5) is 0 Å². The molecule has 4 rings (SSSR count). The van der Waals surface area contributed by atoms with Gasteiger partial charge in [0.15, 0.2) is 5.65 Å². The van der Waals surface area contributed by atoms with Crippen molar-refractivity contribution in [1.29, 1.82) is 0 Å². The molecule has 128 valence electrons. The molecule has 2 aromatic carbocycles. The molecule has 1 amide bonds. The van der Waals surface area contributed by atoms with Gasteiger partial charge in [-0.3, -0.25) is 4.79 Å². The first kappa shape index (κ1) is 16.0. The summed E-state index contributed by atoms with van der Waals surface area (Å²) in [5.74, 6) is -0.0259. The number of pyridine rings is 1. The van der Waals surface area contributed by atoms with Gasteiger partial charge in [0.25, 0.3) is 5.91 Å². The molecule has 6 heteroatoms. The second kappa shape index (κ2) is 6.76. The number of hydrogen-bond donors (Lipinski definition) is 0. The number of aromatic nitrogens is 4. The average Bonchev–Trinajstić information content (AvgIpc) is 3.12. The maximum absolute atomic E-state index is 12.6. The first-order valence-corrected chi connectivity index (χ1v) is 8.28. The predicted molar refractivity (Wildman–Crippen MR) is 98.9 cm³/mol. The molecule has 0 saturated heterocycles. The summed E-state index contributed by atoms with van der Waals surface area (Å²) in [6, 6.07) is 20.9. The van der Waals surface area contributed by atoms with E-state index in [0.717, 1.165) is 16.8 Å². The Morgan fingerprint density at radius 3 is 2.54 bits per heavy atom. The summed E-state index contributed by atoms with van der Waals surface area (Å²) in [5, 5.41) is 8.24. The van der Waals surface area contributed by atoms with Crippen LogP contribution in [0.15, 0.2) is 72.9 Å². The zero-order valence-electron chi connectivity index (χ0n) is 14.3. The molecule has 0 aliphatic carbocycles. The van der Waals surface area contributed by atoms with Crippen molar-refractivity contribution in [3.63, 3.8) is 0 Å². The van der Waals surface area contributed by atoms with E-state index < -0.39 is 0 Å². The van der Waals surface area contributed by atoms with Gasteiger partial charge in [0.05, 0.1) is 5.69 Å². The summed E-state index contributed by atoms with van der Waals surface area (Å²) in [6.45, 7) is 0.569. The van der Waals surface area contributed by atoms with E-state index in [0.29, 0.717) is 17.8 Å². The van der Waals surface area contributed by atoms with Crippen LogP contribution in [-0.4, -0.2) is 37.8 Å². The van der Waals surface area contributed by atoms with Crippen molar-refractivity contribution in [2.45, 2.75) is 6.54 Å². The smallest absolute Gasteiger partial charge is 0.253 e. The van der Waals surface area contributed by atoms with Crippen LogP contribution in [0.1, 0.15) is 15.9 Å². The molecule has 6 nitrogen and oxygen atoms in total. The molecule has 0 atom stereocenters. The highest BCUT2D eigenvalue weighted by molar-refractivity contribution is 5.94. The standard InChI is InChI=1S/C20H17N5O/c1-24(14-15-6-3-2-4-7-15)20(26)16-9-11-17(12-10-16)25-19-18(22-23-25)8-5-13-21-19/h2-13H,14H2,1H3. The number of benzene rings is 2. The van der Waals surface area contributed by atoms with Crippen molar-refractivity contribution in [1.82, 2.24) is 24.9 Å². The van der Waals surface area contributed by atoms with Gasteiger partial charge in [0.1, 0.15) is 5.52 Å². The fourth-order valence-electron chi connectivity index (χ4n) is 2.83. The Labute approximate surface area is 150 Å². The minimum atomic E-state index is -0.0259. The summed E-state index contributed by atoms with van der Waals surface area (Å²) in [5.41, 5.74) is 3.96. The van der Waals surface area contributed by atoms with E-state index in [9.17, 15) is 4.79 Å². The lowest BCUT2D eigenvalue weighted by molar-refractivity contribution is 0.0785. The summed E-state index contributed by atoms with van der Waals surface area (Å²) in [4.78, 5) is 18.7. The summed E-state index contributed by atoms with van der Waals surface area (Å²) >= 11 is 0. The van der Waals surface area contributed by atoms with E-state index in [1.165, 1.54) is 0 Å². The first-order valence-electron chi connectivity index (χ1n) is 8.28. The minimum Gasteiger partial charge on any atom is -0.337 e. The quantitative estimate of drug-likeness (QED) is 0.571. The zero-order valence-corrected chi connectivity index (χ0v) is 14.3. The van der Waals surface area contributed by atoms with Gasteiger partial charge in [-0.25, -0.2) is 4.98 Å². The van der Waals surface area contributed by atoms with E-state index in [-0.39, 0.29) is 5.91 Å². The number of amides is 1. The van der Waals surface area contributed by atoms with Crippen LogP contribution >= 0.6 is 0 Å². The fraction of sp³-hybridized carbons (Fsp3) is 0.100. The van der Waals surface area contributed by atoms with E-state index in [1.54, 1.807) is 35.0 Å². The molecule has 0 aliphatic rings. The average molecular weight is 343 g/mol. The van der Waals surface area contributed by atoms with Crippen molar-refractivity contribution in [3.8, 4) is 5.69 Å². The second-order valence-electron chi connectivity index (χ2n) is 6.04. The predicted octanol–water partition coefficient (Wildman–Crippen LogP) is 3.09. The Balaban J connectivity index is 1.55. The Bertz CT molecular complexity index is 1040. The molecule has 0 unspecified atom stereocenters. The topological polar surface area (TPSA) is 63.9 Å². The van der Waals surface area contributed by atoms with Gasteiger partial charge in [0, 0.05) is 25.4 Å². The van der Waals surface area contributed by atoms with Gasteiger partial charge in [-0.05, 0) is 42.0 Å². The third kappa shape index (κ3) is 3.04. The zero-order chi connectivity index (χ0) is 17.9. The fourth-order valence-corrected chi connectivity index (χ4v) is 2.83. The van der Waals surface area contributed by atoms with Crippen molar-refractivity contribution in [3.05, 3.63) is 84.1 Å². The third-order valence-corrected chi connectivity index (χ3v) is 4.18. The van der Waals surface area contributed by atoms with Gasteiger partial charge < -0.3 is 4.90 Å². The number of carbonyl (C=O) groups is 1. The molecule has 4 aromatic rings. The Kier molecular flexibility index (Phi) is 4.15. The molecule has 2 aromatic heterocycles. The van der Waals surface area contributed by atoms with Crippen molar-refractivity contribution < 1.29 is 4.79 Å². The highest BCUT2D eigenvalue weighted by Crippen LogP contribution is 2.16. The van der Waals surface area contributed by atoms with E-state index >= 15 is 0 Å². The van der Waals surface area contributed by atoms with Gasteiger partial charge in [0.2, 0.25) is 0 Å². The van der Waals surface area contributed by atoms with Crippen LogP contribution < -0.4 is 0 Å². The number of rotatable bonds is 4. The summed E-state index contributed by atoms with van der Waals surface area (Å²) < 4.78 is 1.66. The number of fused-ring (bicyclic) bond motifs is 1. The van der Waals surface area contributed by atoms with Crippen LogP contribution in [0, 0.1) is 0 Å². The molecule has 0 fully saturated rings. The van der Waals surface area contributed by atoms with Gasteiger partial charge >= 0.3 is 0 Å². The molecular formula is C20H17N5O. The Morgan fingerprint density at radius 2 is 1.77 bits per heavy atom. The minimum absolute atomic E-state index is 0.0259. The molecule has 2 heterocycles. The molecule has 0 saturated carbocycles. The third-order valence-electron chi connectivity index (χ3n) is 4.18. The Hall–Kier alpha value is -3.54. The van der Waals surface area contributed by atoms with Gasteiger partial charge in [-0.15, -0.1) is 5.10 Å². The summed E-state index contributed by atoms with van der Waals surface area (Å²) in [7, 11) is 1.80. The van der Waals surface area contributed by atoms with Gasteiger partial charge in [-0.1, -0.05) is 35.5 Å². The summed E-state index contributed by atoms with van der Waals surface area (Å²) in [6.07, 6.45) is 1.71. The highest BCUT2D eigenvalue weighted by Gasteiger charge is 2.13. The molecule has 26 heavy (non-hydrogen) atoms. The second-order valence-corrected chi connectivity index (χ2v) is 6.04. The van der Waals surface area contributed by atoms with Crippen LogP contribution in [0.3, 0.4) is 0 Å². The molecule has 0 N–H and O–H groups in total. The molecule has 0 bridgehead atoms. The lowest BCUT2D eigenvalue weighted by Gasteiger charge is -2.17. The largest absolute Gasteiger partial charge is 0.337 e. The van der Waals surface area contributed by atoms with Gasteiger partial charge in [-0.2, -0.15) is 4.68 Å². The van der Waals surface area contributed by atoms with Crippen molar-refractivity contribution in [2.75, 3.05) is 7.05 Å². The van der Waals surface area contributed by atoms with Crippen LogP contribution in [0.25, 0.3) is 16.9 Å². The lowest BCUT2D eigenvalue weighted by Crippen LogP contribution is -2.26. The normalized spacial score (nSPS) is 10.8. The van der Waals surface area contributed by atoms with Crippen LogP contribution in [0.2, 0.25) is 0 Å². The maximum Gasteiger partial charge on any atom is 0.253 e. The van der Waals surface area contributed by atoms with Crippen molar-refractivity contribution >= 4 is 17.1 Å². The number of carbonyl (C=O) groups excluding carboxylic acids is 1. The Morgan fingerprint density at radius 1 is 1.00 bits per heavy atom. The molecule has 0 aliphatic heterocycles. The van der Waals surface area contributed by atoms with Crippen LogP contribution in [-0.2, 0) is 6.54 Å². The van der Waals surface area contributed by atoms with Crippen molar-refractivity contribution in [2.24, 2.45) is 0 Å². The molecule has 0 radical (unpaired) electrons. The number of nitrogens with zero attached hydrogens (tertiary/aromatic N) is 5. The van der Waals surface area contributed by atoms with E-state index in [1.807, 2.05) is 54.6 Å². The van der Waals surface area contributed by atoms with Crippen LogP contribution in [0.5, 0.6) is 0 Å². The lowest BCUT2D eigenvalue weighted by atomic mass is 10.1. The van der Waals surface area contributed by atoms with E-state index in [4.69, 9.17) is 0 Å². The monoisotopic (exact) mass is 343 g/mol. The maximum atomic E-state index is 12.6. The highest BCUT2D eigenvalue weighted by atomic mass is 16.2.